The molecule has 21 heavy (non-hydrogen) atoms. The SMILES string of the molecule is C=CCC12OCC(OCc3ccccc3)(CCC1OC)O2. The Labute approximate surface area is 125 Å². The highest BCUT2D eigenvalue weighted by molar-refractivity contribution is 5.13. The van der Waals surface area contributed by atoms with Gasteiger partial charge in [0.05, 0.1) is 6.61 Å². The van der Waals surface area contributed by atoms with Crippen LogP contribution in [-0.4, -0.2) is 31.4 Å². The van der Waals surface area contributed by atoms with E-state index in [1.165, 1.54) is 0 Å². The first-order valence-electron chi connectivity index (χ1n) is 7.38. The van der Waals surface area contributed by atoms with Crippen molar-refractivity contribution in [2.75, 3.05) is 13.7 Å². The molecule has 3 unspecified atom stereocenters. The van der Waals surface area contributed by atoms with E-state index in [0.29, 0.717) is 19.6 Å². The van der Waals surface area contributed by atoms with E-state index in [2.05, 4.69) is 6.58 Å². The number of methoxy groups -OCH3 is 1. The van der Waals surface area contributed by atoms with Gasteiger partial charge in [-0.2, -0.15) is 0 Å². The summed E-state index contributed by atoms with van der Waals surface area (Å²) < 4.78 is 23.8. The minimum Gasteiger partial charge on any atom is -0.376 e. The maximum atomic E-state index is 6.20. The molecule has 0 saturated carbocycles. The number of benzene rings is 1. The van der Waals surface area contributed by atoms with Crippen LogP contribution in [-0.2, 0) is 25.6 Å². The van der Waals surface area contributed by atoms with Gasteiger partial charge < -0.3 is 18.9 Å². The van der Waals surface area contributed by atoms with Crippen LogP contribution in [0.4, 0.5) is 0 Å². The third kappa shape index (κ3) is 2.77. The predicted molar refractivity (Wildman–Crippen MR) is 78.6 cm³/mol. The molecule has 1 aromatic carbocycles. The van der Waals surface area contributed by atoms with Gasteiger partial charge in [0.2, 0.25) is 5.79 Å². The molecule has 0 N–H and O–H groups in total. The molecule has 114 valence electrons. The van der Waals surface area contributed by atoms with Crippen molar-refractivity contribution in [1.82, 2.24) is 0 Å². The molecule has 2 bridgehead atoms. The Morgan fingerprint density at radius 2 is 2.19 bits per heavy atom. The van der Waals surface area contributed by atoms with Crippen molar-refractivity contribution in [1.29, 1.82) is 0 Å². The predicted octanol–water partition coefficient (Wildman–Crippen LogP) is 3.03. The smallest absolute Gasteiger partial charge is 0.201 e. The van der Waals surface area contributed by atoms with Crippen LogP contribution in [0.15, 0.2) is 43.0 Å². The van der Waals surface area contributed by atoms with Crippen LogP contribution < -0.4 is 0 Å². The Bertz CT molecular complexity index is 489. The monoisotopic (exact) mass is 290 g/mol. The Morgan fingerprint density at radius 1 is 1.38 bits per heavy atom. The molecule has 0 spiro atoms. The van der Waals surface area contributed by atoms with Gasteiger partial charge in [-0.15, -0.1) is 6.58 Å². The summed E-state index contributed by atoms with van der Waals surface area (Å²) in [5, 5.41) is 0. The van der Waals surface area contributed by atoms with E-state index in [1.807, 2.05) is 36.4 Å². The largest absolute Gasteiger partial charge is 0.376 e. The van der Waals surface area contributed by atoms with E-state index in [9.17, 15) is 0 Å². The maximum Gasteiger partial charge on any atom is 0.201 e. The summed E-state index contributed by atoms with van der Waals surface area (Å²) in [6.07, 6.45) is 3.97. The van der Waals surface area contributed by atoms with E-state index in [0.717, 1.165) is 18.4 Å². The van der Waals surface area contributed by atoms with Gasteiger partial charge in [-0.1, -0.05) is 36.4 Å². The Balaban J connectivity index is 1.70. The highest BCUT2D eigenvalue weighted by Crippen LogP contribution is 2.47. The zero-order valence-corrected chi connectivity index (χ0v) is 12.4. The fraction of sp³-hybridized carbons (Fsp3) is 0.529. The van der Waals surface area contributed by atoms with Crippen molar-refractivity contribution in [2.24, 2.45) is 0 Å². The number of fused-ring (bicyclic) bond motifs is 2. The molecule has 4 nitrogen and oxygen atoms in total. The van der Waals surface area contributed by atoms with Crippen LogP contribution in [0.3, 0.4) is 0 Å². The molecule has 0 amide bonds. The standard InChI is InChI=1S/C17H22O4/c1-3-10-17-15(18-2)9-11-16(21-17,13-20-17)19-12-14-7-5-4-6-8-14/h3-8,15H,1,9-13H2,2H3. The van der Waals surface area contributed by atoms with Gasteiger partial charge in [0.1, 0.15) is 12.7 Å². The molecule has 0 aliphatic carbocycles. The molecule has 3 rings (SSSR count). The lowest BCUT2D eigenvalue weighted by Crippen LogP contribution is -2.52. The first-order chi connectivity index (χ1) is 10.2. The van der Waals surface area contributed by atoms with Gasteiger partial charge in [0.15, 0.2) is 5.79 Å². The molecule has 2 aliphatic heterocycles. The first kappa shape index (κ1) is 14.7. The lowest BCUT2D eigenvalue weighted by Gasteiger charge is -2.41. The van der Waals surface area contributed by atoms with Gasteiger partial charge in [-0.05, 0) is 12.0 Å². The van der Waals surface area contributed by atoms with Crippen LogP contribution in [0, 0.1) is 0 Å². The molecule has 0 radical (unpaired) electrons. The fourth-order valence-corrected chi connectivity index (χ4v) is 3.12. The summed E-state index contributed by atoms with van der Waals surface area (Å²) in [4.78, 5) is 0. The highest BCUT2D eigenvalue weighted by atomic mass is 16.8. The molecule has 0 aromatic heterocycles. The van der Waals surface area contributed by atoms with E-state index in [4.69, 9.17) is 18.9 Å². The average Bonchev–Trinajstić information content (AvgIpc) is 2.81. The zero-order valence-electron chi connectivity index (χ0n) is 12.4. The van der Waals surface area contributed by atoms with Crippen LogP contribution in [0.2, 0.25) is 0 Å². The van der Waals surface area contributed by atoms with Crippen LogP contribution in [0.25, 0.3) is 0 Å². The molecule has 2 aliphatic rings. The summed E-state index contributed by atoms with van der Waals surface area (Å²) >= 11 is 0. The summed E-state index contributed by atoms with van der Waals surface area (Å²) in [6.45, 7) is 4.75. The average molecular weight is 290 g/mol. The number of rotatable bonds is 6. The zero-order chi connectivity index (χ0) is 14.8. The summed E-state index contributed by atoms with van der Waals surface area (Å²) in [7, 11) is 1.69. The van der Waals surface area contributed by atoms with Crippen molar-refractivity contribution in [3.05, 3.63) is 48.6 Å². The Hall–Kier alpha value is -1.20. The minimum absolute atomic E-state index is 0.0774. The molecular weight excluding hydrogens is 268 g/mol. The second-order valence-electron chi connectivity index (χ2n) is 5.64. The lowest BCUT2D eigenvalue weighted by molar-refractivity contribution is -0.325. The van der Waals surface area contributed by atoms with Crippen LogP contribution in [0.5, 0.6) is 0 Å². The van der Waals surface area contributed by atoms with Crippen molar-refractivity contribution in [3.8, 4) is 0 Å². The van der Waals surface area contributed by atoms with E-state index >= 15 is 0 Å². The normalized spacial score (nSPS) is 34.8. The summed E-state index contributed by atoms with van der Waals surface area (Å²) in [5.74, 6) is -1.40. The maximum absolute atomic E-state index is 6.20. The highest BCUT2D eigenvalue weighted by Gasteiger charge is 2.59. The Kier molecular flexibility index (Phi) is 4.13. The van der Waals surface area contributed by atoms with Crippen LogP contribution in [0.1, 0.15) is 24.8 Å². The fourth-order valence-electron chi connectivity index (χ4n) is 3.12. The molecule has 4 heteroatoms. The molecule has 1 aromatic rings. The second kappa shape index (κ2) is 5.89. The second-order valence-corrected chi connectivity index (χ2v) is 5.64. The van der Waals surface area contributed by atoms with Gasteiger partial charge in [0.25, 0.3) is 0 Å². The molecule has 3 atom stereocenters. The quantitative estimate of drug-likeness (QED) is 0.755. The number of ether oxygens (including phenoxy) is 4. The molecular formula is C17H22O4. The number of hydrogen-bond acceptors (Lipinski definition) is 4. The lowest BCUT2D eigenvalue weighted by atomic mass is 9.96. The first-order valence-corrected chi connectivity index (χ1v) is 7.38. The summed E-state index contributed by atoms with van der Waals surface area (Å²) in [5.41, 5.74) is 1.13. The molecule has 2 heterocycles. The van der Waals surface area contributed by atoms with E-state index < -0.39 is 11.6 Å². The van der Waals surface area contributed by atoms with Crippen molar-refractivity contribution in [2.45, 2.75) is 43.5 Å². The third-order valence-electron chi connectivity index (χ3n) is 4.23. The third-order valence-corrected chi connectivity index (χ3v) is 4.23. The molecule has 2 fully saturated rings. The molecule has 2 saturated heterocycles. The van der Waals surface area contributed by atoms with Crippen molar-refractivity contribution < 1.29 is 18.9 Å². The van der Waals surface area contributed by atoms with E-state index in [-0.39, 0.29) is 6.10 Å². The minimum atomic E-state index is -0.745. The van der Waals surface area contributed by atoms with E-state index in [1.54, 1.807) is 7.11 Å². The Morgan fingerprint density at radius 3 is 2.90 bits per heavy atom. The van der Waals surface area contributed by atoms with Gasteiger partial charge >= 0.3 is 0 Å². The van der Waals surface area contributed by atoms with Crippen molar-refractivity contribution >= 4 is 0 Å². The van der Waals surface area contributed by atoms with Crippen molar-refractivity contribution in [3.63, 3.8) is 0 Å². The number of hydrogen-bond donors (Lipinski definition) is 0. The van der Waals surface area contributed by atoms with Gasteiger partial charge in [0, 0.05) is 20.0 Å². The summed E-state index contributed by atoms with van der Waals surface area (Å²) in [6, 6.07) is 10.1. The topological polar surface area (TPSA) is 36.9 Å². The van der Waals surface area contributed by atoms with Gasteiger partial charge in [-0.25, -0.2) is 0 Å². The van der Waals surface area contributed by atoms with Gasteiger partial charge in [-0.3, -0.25) is 0 Å². The van der Waals surface area contributed by atoms with Crippen LogP contribution >= 0.6 is 0 Å².